The molecule has 5 heteroatoms. The summed E-state index contributed by atoms with van der Waals surface area (Å²) < 4.78 is 0. The summed E-state index contributed by atoms with van der Waals surface area (Å²) in [6.45, 7) is 5.89. The summed E-state index contributed by atoms with van der Waals surface area (Å²) in [4.78, 5) is 11.4. The maximum Gasteiger partial charge on any atom is 0.146 e. The van der Waals surface area contributed by atoms with Crippen molar-refractivity contribution in [3.05, 3.63) is 0 Å². The number of unbranched alkanes of at least 4 members (excludes halogenated alkanes) is 1. The van der Waals surface area contributed by atoms with Crippen LogP contribution in [0.5, 0.6) is 0 Å². The number of hydrogen-bond donors (Lipinski definition) is 4. The van der Waals surface area contributed by atoms with Crippen molar-refractivity contribution in [1.82, 2.24) is 10.6 Å². The lowest BCUT2D eigenvalue weighted by Gasteiger charge is -2.15. The number of carbonyl (C=O) groups is 1. The van der Waals surface area contributed by atoms with Gasteiger partial charge in [0.15, 0.2) is 0 Å². The van der Waals surface area contributed by atoms with E-state index in [4.69, 9.17) is 11.5 Å². The van der Waals surface area contributed by atoms with Gasteiger partial charge >= 0.3 is 0 Å². The average molecular weight is 258 g/mol. The van der Waals surface area contributed by atoms with Gasteiger partial charge in [0.25, 0.3) is 0 Å². The Morgan fingerprint density at radius 1 is 1.00 bits per heavy atom. The molecule has 18 heavy (non-hydrogen) atoms. The summed E-state index contributed by atoms with van der Waals surface area (Å²) in [6.07, 6.45) is 5.03. The van der Waals surface area contributed by atoms with Gasteiger partial charge in [0.1, 0.15) is 5.78 Å². The van der Waals surface area contributed by atoms with Gasteiger partial charge in [-0.25, -0.2) is 0 Å². The van der Waals surface area contributed by atoms with E-state index in [1.807, 2.05) is 0 Å². The zero-order valence-electron chi connectivity index (χ0n) is 11.7. The van der Waals surface area contributed by atoms with Gasteiger partial charge in [0.05, 0.1) is 6.04 Å². The molecule has 0 aliphatic rings. The second-order valence-electron chi connectivity index (χ2n) is 4.65. The fraction of sp³-hybridized carbons (Fsp3) is 0.923. The van der Waals surface area contributed by atoms with Crippen LogP contribution < -0.4 is 22.1 Å². The van der Waals surface area contributed by atoms with Crippen LogP contribution in [0, 0.1) is 0 Å². The van der Waals surface area contributed by atoms with Crippen LogP contribution in [0.4, 0.5) is 0 Å². The fourth-order valence-corrected chi connectivity index (χ4v) is 1.78. The largest absolute Gasteiger partial charge is 0.330 e. The van der Waals surface area contributed by atoms with Gasteiger partial charge in [-0.3, -0.25) is 4.79 Å². The highest BCUT2D eigenvalue weighted by atomic mass is 16.1. The lowest BCUT2D eigenvalue weighted by molar-refractivity contribution is -0.119. The zero-order chi connectivity index (χ0) is 13.6. The highest BCUT2D eigenvalue weighted by molar-refractivity contribution is 5.81. The normalized spacial score (nSPS) is 12.6. The van der Waals surface area contributed by atoms with Crippen molar-refractivity contribution in [2.75, 3.05) is 32.7 Å². The molecule has 1 atom stereocenters. The van der Waals surface area contributed by atoms with Crippen LogP contribution in [0.3, 0.4) is 0 Å². The fourth-order valence-electron chi connectivity index (χ4n) is 1.78. The van der Waals surface area contributed by atoms with Crippen molar-refractivity contribution >= 4 is 5.78 Å². The molecule has 0 spiro atoms. The number of rotatable bonds is 13. The van der Waals surface area contributed by atoms with Crippen LogP contribution in [0.2, 0.25) is 0 Å². The minimum atomic E-state index is 0.000548. The van der Waals surface area contributed by atoms with Gasteiger partial charge in [-0.2, -0.15) is 0 Å². The molecule has 0 rings (SSSR count). The van der Waals surface area contributed by atoms with E-state index in [2.05, 4.69) is 10.6 Å². The van der Waals surface area contributed by atoms with Crippen LogP contribution in [0.15, 0.2) is 0 Å². The Labute approximate surface area is 111 Å². The van der Waals surface area contributed by atoms with E-state index in [0.717, 1.165) is 58.3 Å². The third-order valence-electron chi connectivity index (χ3n) is 2.92. The topological polar surface area (TPSA) is 93.2 Å². The monoisotopic (exact) mass is 258 g/mol. The number of nitrogens with two attached hydrogens (primary N) is 2. The predicted octanol–water partition coefficient (Wildman–Crippen LogP) is -0.00890. The maximum atomic E-state index is 11.4. The SMILES string of the molecule is CC(=O)C(CCCCNCCCN)NCCCN. The number of ketones is 1. The lowest BCUT2D eigenvalue weighted by atomic mass is 10.1. The molecule has 0 radical (unpaired) electrons. The van der Waals surface area contributed by atoms with E-state index in [-0.39, 0.29) is 11.8 Å². The highest BCUT2D eigenvalue weighted by Gasteiger charge is 2.11. The molecule has 6 N–H and O–H groups in total. The number of nitrogens with one attached hydrogen (secondary N) is 2. The first-order chi connectivity index (χ1) is 8.72. The molecule has 0 aromatic rings. The van der Waals surface area contributed by atoms with Crippen molar-refractivity contribution in [2.45, 2.75) is 45.1 Å². The summed E-state index contributed by atoms with van der Waals surface area (Å²) in [6, 6.07) is 0.000548. The molecule has 0 heterocycles. The number of Topliss-reactive ketones (excluding diaryl/α,β-unsaturated/α-hetero) is 1. The Morgan fingerprint density at radius 2 is 1.61 bits per heavy atom. The van der Waals surface area contributed by atoms with Gasteiger partial charge < -0.3 is 22.1 Å². The van der Waals surface area contributed by atoms with Crippen LogP contribution >= 0.6 is 0 Å². The molecular formula is C13H30N4O. The molecular weight excluding hydrogens is 228 g/mol. The van der Waals surface area contributed by atoms with Crippen molar-refractivity contribution in [3.63, 3.8) is 0 Å². The number of hydrogen-bond acceptors (Lipinski definition) is 5. The zero-order valence-corrected chi connectivity index (χ0v) is 11.7. The van der Waals surface area contributed by atoms with E-state index in [1.165, 1.54) is 0 Å². The van der Waals surface area contributed by atoms with Crippen molar-refractivity contribution < 1.29 is 4.79 Å². The van der Waals surface area contributed by atoms with E-state index in [9.17, 15) is 4.79 Å². The van der Waals surface area contributed by atoms with Gasteiger partial charge in [0.2, 0.25) is 0 Å². The third kappa shape index (κ3) is 10.7. The molecule has 0 saturated heterocycles. The first-order valence-electron chi connectivity index (χ1n) is 7.07. The van der Waals surface area contributed by atoms with Gasteiger partial charge in [-0.15, -0.1) is 0 Å². The second kappa shape index (κ2) is 13.0. The van der Waals surface area contributed by atoms with Gasteiger partial charge in [-0.1, -0.05) is 6.42 Å². The first kappa shape index (κ1) is 17.5. The molecule has 0 aromatic carbocycles. The van der Waals surface area contributed by atoms with Gasteiger partial charge in [-0.05, 0) is 65.3 Å². The Morgan fingerprint density at radius 3 is 2.22 bits per heavy atom. The molecule has 1 unspecified atom stereocenters. The molecule has 0 aromatic heterocycles. The van der Waals surface area contributed by atoms with Crippen LogP contribution in [0.1, 0.15) is 39.0 Å². The smallest absolute Gasteiger partial charge is 0.146 e. The van der Waals surface area contributed by atoms with Gasteiger partial charge in [0, 0.05) is 0 Å². The third-order valence-corrected chi connectivity index (χ3v) is 2.92. The molecule has 0 aliphatic heterocycles. The van der Waals surface area contributed by atoms with Crippen LogP contribution in [-0.4, -0.2) is 44.5 Å². The first-order valence-corrected chi connectivity index (χ1v) is 7.07. The molecule has 0 saturated carbocycles. The predicted molar refractivity (Wildman–Crippen MR) is 76.5 cm³/mol. The molecule has 0 aliphatic carbocycles. The lowest BCUT2D eigenvalue weighted by Crippen LogP contribution is -2.36. The van der Waals surface area contributed by atoms with Crippen LogP contribution in [-0.2, 0) is 4.79 Å². The van der Waals surface area contributed by atoms with Crippen LogP contribution in [0.25, 0.3) is 0 Å². The average Bonchev–Trinajstić information content (AvgIpc) is 2.35. The quantitative estimate of drug-likeness (QED) is 0.349. The molecule has 5 nitrogen and oxygen atoms in total. The summed E-state index contributed by atoms with van der Waals surface area (Å²) >= 11 is 0. The Bertz CT molecular complexity index is 199. The van der Waals surface area contributed by atoms with E-state index in [1.54, 1.807) is 6.92 Å². The van der Waals surface area contributed by atoms with E-state index in [0.29, 0.717) is 6.54 Å². The summed E-state index contributed by atoms with van der Waals surface area (Å²) in [5, 5.41) is 6.60. The highest BCUT2D eigenvalue weighted by Crippen LogP contribution is 2.02. The standard InChI is InChI=1S/C13H30N4O/c1-12(18)13(17-11-5-8-15)6-2-3-9-16-10-4-7-14/h13,16-17H,2-11,14-15H2,1H3. The Hall–Kier alpha value is -0.490. The maximum absolute atomic E-state index is 11.4. The summed E-state index contributed by atoms with van der Waals surface area (Å²) in [5.74, 6) is 0.225. The van der Waals surface area contributed by atoms with Crippen molar-refractivity contribution in [2.24, 2.45) is 11.5 Å². The molecule has 108 valence electrons. The molecule has 0 amide bonds. The Balaban J connectivity index is 3.49. The minimum absolute atomic E-state index is 0.000548. The molecule has 0 fully saturated rings. The van der Waals surface area contributed by atoms with Crippen molar-refractivity contribution in [1.29, 1.82) is 0 Å². The Kier molecular flexibility index (Phi) is 12.6. The van der Waals surface area contributed by atoms with E-state index >= 15 is 0 Å². The second-order valence-corrected chi connectivity index (χ2v) is 4.65. The number of carbonyl (C=O) groups excluding carboxylic acids is 1. The summed E-state index contributed by atoms with van der Waals surface area (Å²) in [5.41, 5.74) is 10.8. The molecule has 0 bridgehead atoms. The van der Waals surface area contributed by atoms with Crippen molar-refractivity contribution in [3.8, 4) is 0 Å². The van der Waals surface area contributed by atoms with E-state index < -0.39 is 0 Å². The summed E-state index contributed by atoms with van der Waals surface area (Å²) in [7, 11) is 0. The minimum Gasteiger partial charge on any atom is -0.330 e.